The standard InChI is InChI=1S/C19H22N2O5S/c1-14(22)20-16-4-6-17(7-5-16)27(24,25)12-9-19(23)21-10-8-15(13-21)18-3-2-11-26-18/h2-7,11,15H,8-10,12-13H2,1H3,(H,20,22). The van der Waals surface area contributed by atoms with Gasteiger partial charge in [0.05, 0.1) is 16.9 Å². The summed E-state index contributed by atoms with van der Waals surface area (Å²) in [6, 6.07) is 9.66. The topological polar surface area (TPSA) is 96.7 Å². The summed E-state index contributed by atoms with van der Waals surface area (Å²) in [7, 11) is -3.57. The first-order valence-electron chi connectivity index (χ1n) is 8.77. The predicted molar refractivity (Wildman–Crippen MR) is 100 cm³/mol. The van der Waals surface area contributed by atoms with Crippen molar-refractivity contribution in [2.24, 2.45) is 0 Å². The smallest absolute Gasteiger partial charge is 0.223 e. The molecule has 1 aromatic heterocycles. The van der Waals surface area contributed by atoms with Gasteiger partial charge in [-0.1, -0.05) is 0 Å². The first-order valence-corrected chi connectivity index (χ1v) is 10.4. The number of likely N-dealkylation sites (tertiary alicyclic amines) is 1. The van der Waals surface area contributed by atoms with Gasteiger partial charge in [0.1, 0.15) is 5.76 Å². The number of nitrogens with one attached hydrogen (secondary N) is 1. The Morgan fingerprint density at radius 1 is 1.22 bits per heavy atom. The molecule has 1 atom stereocenters. The van der Waals surface area contributed by atoms with Crippen molar-refractivity contribution in [2.45, 2.75) is 30.6 Å². The van der Waals surface area contributed by atoms with Gasteiger partial charge >= 0.3 is 0 Å². The highest BCUT2D eigenvalue weighted by Gasteiger charge is 2.29. The van der Waals surface area contributed by atoms with Gasteiger partial charge < -0.3 is 14.6 Å². The summed E-state index contributed by atoms with van der Waals surface area (Å²) >= 11 is 0. The summed E-state index contributed by atoms with van der Waals surface area (Å²) in [5, 5.41) is 2.58. The Bertz CT molecular complexity index is 904. The minimum absolute atomic E-state index is 0.0549. The van der Waals surface area contributed by atoms with Crippen LogP contribution < -0.4 is 5.32 Å². The van der Waals surface area contributed by atoms with Gasteiger partial charge in [0.15, 0.2) is 9.84 Å². The van der Waals surface area contributed by atoms with Crippen LogP contribution in [0, 0.1) is 0 Å². The van der Waals surface area contributed by atoms with Crippen molar-refractivity contribution < 1.29 is 22.4 Å². The number of furan rings is 1. The number of benzene rings is 1. The van der Waals surface area contributed by atoms with E-state index in [9.17, 15) is 18.0 Å². The zero-order valence-corrected chi connectivity index (χ0v) is 15.9. The van der Waals surface area contributed by atoms with Crippen LogP contribution in [0.1, 0.15) is 31.4 Å². The van der Waals surface area contributed by atoms with Crippen molar-refractivity contribution in [1.29, 1.82) is 0 Å². The van der Waals surface area contributed by atoms with Crippen molar-refractivity contribution >= 4 is 27.3 Å². The van der Waals surface area contributed by atoms with Gasteiger partial charge in [-0.05, 0) is 42.8 Å². The molecule has 27 heavy (non-hydrogen) atoms. The molecule has 0 spiro atoms. The Balaban J connectivity index is 1.55. The summed E-state index contributed by atoms with van der Waals surface area (Å²) in [6.45, 7) is 2.54. The lowest BCUT2D eigenvalue weighted by Crippen LogP contribution is -2.30. The van der Waals surface area contributed by atoms with Crippen LogP contribution in [0.4, 0.5) is 5.69 Å². The molecule has 0 bridgehead atoms. The molecule has 7 nitrogen and oxygen atoms in total. The van der Waals surface area contributed by atoms with Gasteiger partial charge in [-0.3, -0.25) is 9.59 Å². The first-order chi connectivity index (χ1) is 12.8. The van der Waals surface area contributed by atoms with Crippen molar-refractivity contribution in [1.82, 2.24) is 4.90 Å². The van der Waals surface area contributed by atoms with E-state index in [-0.39, 0.29) is 34.8 Å². The van der Waals surface area contributed by atoms with Gasteiger partial charge in [-0.2, -0.15) is 0 Å². The minimum atomic E-state index is -3.57. The first kappa shape index (κ1) is 19.2. The molecule has 1 unspecified atom stereocenters. The van der Waals surface area contributed by atoms with E-state index >= 15 is 0 Å². The number of carbonyl (C=O) groups is 2. The summed E-state index contributed by atoms with van der Waals surface area (Å²) in [4.78, 5) is 25.3. The molecular weight excluding hydrogens is 368 g/mol. The van der Waals surface area contributed by atoms with Gasteiger partial charge in [-0.15, -0.1) is 0 Å². The average molecular weight is 390 g/mol. The number of rotatable bonds is 6. The predicted octanol–water partition coefficient (Wildman–Crippen LogP) is 2.42. The molecule has 8 heteroatoms. The van der Waals surface area contributed by atoms with Crippen LogP contribution in [0.3, 0.4) is 0 Å². The van der Waals surface area contributed by atoms with E-state index in [1.54, 1.807) is 11.2 Å². The number of hydrogen-bond acceptors (Lipinski definition) is 5. The van der Waals surface area contributed by atoms with Gasteiger partial charge in [0, 0.05) is 38.0 Å². The Labute approximate surface area is 158 Å². The highest BCUT2D eigenvalue weighted by Crippen LogP contribution is 2.28. The molecule has 0 aliphatic carbocycles. The maximum Gasteiger partial charge on any atom is 0.223 e. The number of sulfone groups is 1. The molecule has 3 rings (SSSR count). The quantitative estimate of drug-likeness (QED) is 0.817. The maximum atomic E-state index is 12.5. The van der Waals surface area contributed by atoms with Crippen molar-refractivity contribution in [2.75, 3.05) is 24.2 Å². The average Bonchev–Trinajstić information content (AvgIpc) is 3.31. The number of nitrogens with zero attached hydrogens (tertiary/aromatic N) is 1. The summed E-state index contributed by atoms with van der Waals surface area (Å²) in [6.07, 6.45) is 2.38. The Morgan fingerprint density at radius 3 is 2.59 bits per heavy atom. The molecule has 2 heterocycles. The zero-order chi connectivity index (χ0) is 19.4. The van der Waals surface area contributed by atoms with E-state index in [4.69, 9.17) is 4.42 Å². The molecule has 2 amide bonds. The van der Waals surface area contributed by atoms with Crippen LogP contribution in [0.25, 0.3) is 0 Å². The Morgan fingerprint density at radius 2 is 1.96 bits per heavy atom. The highest BCUT2D eigenvalue weighted by atomic mass is 32.2. The lowest BCUT2D eigenvalue weighted by molar-refractivity contribution is -0.129. The zero-order valence-electron chi connectivity index (χ0n) is 15.1. The van der Waals surface area contributed by atoms with Crippen LogP contribution in [-0.4, -0.2) is 44.0 Å². The summed E-state index contributed by atoms with van der Waals surface area (Å²) < 4.78 is 30.3. The normalized spacial score (nSPS) is 17.1. The van der Waals surface area contributed by atoms with Gasteiger partial charge in [0.2, 0.25) is 11.8 Å². The fourth-order valence-electron chi connectivity index (χ4n) is 3.19. The second-order valence-corrected chi connectivity index (χ2v) is 8.72. The van der Waals surface area contributed by atoms with E-state index in [0.717, 1.165) is 12.2 Å². The van der Waals surface area contributed by atoms with Gasteiger partial charge in [-0.25, -0.2) is 8.42 Å². The van der Waals surface area contributed by atoms with E-state index < -0.39 is 9.84 Å². The maximum absolute atomic E-state index is 12.5. The third-order valence-electron chi connectivity index (χ3n) is 4.60. The molecule has 1 N–H and O–H groups in total. The van der Waals surface area contributed by atoms with E-state index in [1.807, 2.05) is 12.1 Å². The fraction of sp³-hybridized carbons (Fsp3) is 0.368. The van der Waals surface area contributed by atoms with Crippen molar-refractivity contribution in [3.8, 4) is 0 Å². The second-order valence-electron chi connectivity index (χ2n) is 6.62. The molecule has 2 aromatic rings. The molecule has 1 aromatic carbocycles. The second kappa shape index (κ2) is 7.96. The molecule has 144 valence electrons. The third-order valence-corrected chi connectivity index (χ3v) is 6.34. The number of carbonyl (C=O) groups excluding carboxylic acids is 2. The third kappa shape index (κ3) is 4.77. The number of anilines is 1. The lowest BCUT2D eigenvalue weighted by atomic mass is 10.1. The van der Waals surface area contributed by atoms with Crippen molar-refractivity contribution in [3.63, 3.8) is 0 Å². The van der Waals surface area contributed by atoms with Crippen molar-refractivity contribution in [3.05, 3.63) is 48.4 Å². The molecule has 1 fully saturated rings. The Hall–Kier alpha value is -2.61. The highest BCUT2D eigenvalue weighted by molar-refractivity contribution is 7.91. The van der Waals surface area contributed by atoms with Crippen LogP contribution in [0.2, 0.25) is 0 Å². The molecular formula is C19H22N2O5S. The van der Waals surface area contributed by atoms with Crippen LogP contribution >= 0.6 is 0 Å². The summed E-state index contributed by atoms with van der Waals surface area (Å²) in [5.74, 6) is 0.393. The number of amides is 2. The molecule has 1 saturated heterocycles. The monoisotopic (exact) mass is 390 g/mol. The van der Waals surface area contributed by atoms with E-state index in [0.29, 0.717) is 18.8 Å². The molecule has 0 radical (unpaired) electrons. The van der Waals surface area contributed by atoms with E-state index in [2.05, 4.69) is 5.32 Å². The van der Waals surface area contributed by atoms with Crippen LogP contribution in [0.15, 0.2) is 52.0 Å². The molecule has 0 saturated carbocycles. The molecule has 1 aliphatic heterocycles. The fourth-order valence-corrected chi connectivity index (χ4v) is 4.42. The molecule has 1 aliphatic rings. The van der Waals surface area contributed by atoms with Crippen LogP contribution in [0.5, 0.6) is 0 Å². The van der Waals surface area contributed by atoms with Gasteiger partial charge in [0.25, 0.3) is 0 Å². The Kier molecular flexibility index (Phi) is 5.65. The largest absolute Gasteiger partial charge is 0.469 e. The summed E-state index contributed by atoms with van der Waals surface area (Å²) in [5.41, 5.74) is 0.526. The van der Waals surface area contributed by atoms with Crippen LogP contribution in [-0.2, 0) is 19.4 Å². The number of hydrogen-bond donors (Lipinski definition) is 1. The minimum Gasteiger partial charge on any atom is -0.469 e. The SMILES string of the molecule is CC(=O)Nc1ccc(S(=O)(=O)CCC(=O)N2CCC(c3ccco3)C2)cc1. The lowest BCUT2D eigenvalue weighted by Gasteiger charge is -2.16. The van der Waals surface area contributed by atoms with E-state index in [1.165, 1.54) is 31.2 Å².